The molecular formula is C20H16Cl2N4S. The van der Waals surface area contributed by atoms with Gasteiger partial charge in [0.2, 0.25) is 4.80 Å². The van der Waals surface area contributed by atoms with Crippen molar-refractivity contribution in [2.75, 3.05) is 6.54 Å². The van der Waals surface area contributed by atoms with Gasteiger partial charge in [-0.05, 0) is 49.7 Å². The first-order valence-corrected chi connectivity index (χ1v) is 9.89. The largest absolute Gasteiger partial charge is 0.258 e. The van der Waals surface area contributed by atoms with Crippen LogP contribution in [0.5, 0.6) is 0 Å². The van der Waals surface area contributed by atoms with E-state index in [0.29, 0.717) is 22.2 Å². The summed E-state index contributed by atoms with van der Waals surface area (Å²) in [5, 5.41) is 16.9. The Hall–Kier alpha value is -2.39. The Bertz CT molecular complexity index is 1100. The number of rotatable bonds is 4. The zero-order valence-corrected chi connectivity index (χ0v) is 17.1. The lowest BCUT2D eigenvalue weighted by Crippen LogP contribution is -2.14. The molecule has 2 aromatic carbocycles. The summed E-state index contributed by atoms with van der Waals surface area (Å²) in [6.45, 7) is 4.55. The van der Waals surface area contributed by atoms with Gasteiger partial charge < -0.3 is 0 Å². The van der Waals surface area contributed by atoms with Crippen molar-refractivity contribution < 1.29 is 0 Å². The van der Waals surface area contributed by atoms with Crippen molar-refractivity contribution in [2.24, 2.45) is 10.1 Å². The van der Waals surface area contributed by atoms with Crippen LogP contribution in [0.4, 0.5) is 0 Å². The minimum absolute atomic E-state index is 0.597. The molecule has 0 atom stereocenters. The maximum absolute atomic E-state index is 8.96. The highest BCUT2D eigenvalue weighted by molar-refractivity contribution is 7.07. The monoisotopic (exact) mass is 414 g/mol. The Morgan fingerprint density at radius 1 is 1.19 bits per heavy atom. The summed E-state index contributed by atoms with van der Waals surface area (Å²) in [5.74, 6) is 0. The fourth-order valence-electron chi connectivity index (χ4n) is 2.51. The third-order valence-corrected chi connectivity index (χ3v) is 5.28. The fourth-order valence-corrected chi connectivity index (χ4v) is 3.79. The molecule has 7 heteroatoms. The minimum atomic E-state index is 0.597. The van der Waals surface area contributed by atoms with Crippen LogP contribution in [0.25, 0.3) is 11.3 Å². The van der Waals surface area contributed by atoms with Crippen molar-refractivity contribution in [3.63, 3.8) is 0 Å². The van der Waals surface area contributed by atoms with E-state index in [1.54, 1.807) is 28.9 Å². The van der Waals surface area contributed by atoms with E-state index in [1.807, 2.05) is 37.4 Å². The third-order valence-electron chi connectivity index (χ3n) is 3.86. The van der Waals surface area contributed by atoms with Crippen LogP contribution < -0.4 is 4.80 Å². The van der Waals surface area contributed by atoms with E-state index in [4.69, 9.17) is 33.6 Å². The predicted octanol–water partition coefficient (Wildman–Crippen LogP) is 5.59. The number of nitriles is 1. The molecule has 1 heterocycles. The van der Waals surface area contributed by atoms with E-state index in [1.165, 1.54) is 11.3 Å². The molecule has 1 aromatic heterocycles. The summed E-state index contributed by atoms with van der Waals surface area (Å²) in [6.07, 6.45) is 0. The normalized spacial score (nSPS) is 12.3. The molecule has 0 spiro atoms. The first kappa shape index (κ1) is 19.4. The van der Waals surface area contributed by atoms with Crippen LogP contribution in [0.2, 0.25) is 10.0 Å². The second kappa shape index (κ2) is 8.53. The van der Waals surface area contributed by atoms with Gasteiger partial charge in [0.15, 0.2) is 0 Å². The highest BCUT2D eigenvalue weighted by atomic mass is 35.5. The summed E-state index contributed by atoms with van der Waals surface area (Å²) in [4.78, 5) is 5.31. The summed E-state index contributed by atoms with van der Waals surface area (Å²) < 4.78 is 1.79. The molecule has 0 amide bonds. The lowest BCUT2D eigenvalue weighted by atomic mass is 10.1. The van der Waals surface area contributed by atoms with Crippen LogP contribution in [-0.4, -0.2) is 16.9 Å². The van der Waals surface area contributed by atoms with Crippen LogP contribution in [0.15, 0.2) is 57.9 Å². The lowest BCUT2D eigenvalue weighted by Gasteiger charge is -2.08. The molecule has 0 aliphatic heterocycles. The first-order chi connectivity index (χ1) is 13.0. The number of thiazole rings is 1. The van der Waals surface area contributed by atoms with E-state index < -0.39 is 0 Å². The van der Waals surface area contributed by atoms with Gasteiger partial charge in [0, 0.05) is 22.5 Å². The van der Waals surface area contributed by atoms with Gasteiger partial charge in [-0.1, -0.05) is 35.3 Å². The van der Waals surface area contributed by atoms with Crippen LogP contribution >= 0.6 is 34.5 Å². The molecule has 136 valence electrons. The zero-order valence-electron chi connectivity index (χ0n) is 14.8. The Balaban J connectivity index is 2.16. The zero-order chi connectivity index (χ0) is 19.4. The SMILES string of the molecule is CCN=c1scc(-c2cc(Cl)ccc2Cl)n1N=C(C)c1ccc(C#N)cc1. The number of aromatic nitrogens is 1. The molecular weight excluding hydrogens is 399 g/mol. The quantitative estimate of drug-likeness (QED) is 0.513. The summed E-state index contributed by atoms with van der Waals surface area (Å²) >= 11 is 14.1. The van der Waals surface area contributed by atoms with Crippen LogP contribution in [-0.2, 0) is 0 Å². The van der Waals surface area contributed by atoms with Gasteiger partial charge in [0.1, 0.15) is 0 Å². The van der Waals surface area contributed by atoms with Crippen LogP contribution in [0.1, 0.15) is 25.0 Å². The highest BCUT2D eigenvalue weighted by Crippen LogP contribution is 2.31. The molecule has 3 aromatic rings. The average Bonchev–Trinajstić information content (AvgIpc) is 3.06. The molecule has 0 saturated heterocycles. The molecule has 4 nitrogen and oxygen atoms in total. The smallest absolute Gasteiger partial charge is 0.206 e. The van der Waals surface area contributed by atoms with Gasteiger partial charge in [-0.25, -0.2) is 4.68 Å². The van der Waals surface area contributed by atoms with Gasteiger partial charge in [0.25, 0.3) is 0 Å². The van der Waals surface area contributed by atoms with E-state index in [-0.39, 0.29) is 0 Å². The van der Waals surface area contributed by atoms with Crippen LogP contribution in [0, 0.1) is 11.3 Å². The minimum Gasteiger partial charge on any atom is -0.258 e. The molecule has 27 heavy (non-hydrogen) atoms. The maximum atomic E-state index is 8.96. The molecule has 0 N–H and O–H groups in total. The Kier molecular flexibility index (Phi) is 6.12. The summed E-state index contributed by atoms with van der Waals surface area (Å²) in [7, 11) is 0. The molecule has 0 aliphatic rings. The average molecular weight is 415 g/mol. The Labute approximate surface area is 171 Å². The van der Waals surface area contributed by atoms with Gasteiger partial charge in [-0.15, -0.1) is 11.3 Å². The Morgan fingerprint density at radius 3 is 2.59 bits per heavy atom. The fraction of sp³-hybridized carbons (Fsp3) is 0.150. The molecule has 3 rings (SSSR count). The van der Waals surface area contributed by atoms with Crippen molar-refractivity contribution in [2.45, 2.75) is 13.8 Å². The second-order valence-corrected chi connectivity index (χ2v) is 7.37. The van der Waals surface area contributed by atoms with Gasteiger partial charge >= 0.3 is 0 Å². The maximum Gasteiger partial charge on any atom is 0.206 e. The van der Waals surface area contributed by atoms with Crippen molar-refractivity contribution >= 4 is 40.3 Å². The van der Waals surface area contributed by atoms with Crippen molar-refractivity contribution in [3.05, 3.63) is 73.8 Å². The number of benzene rings is 2. The summed E-state index contributed by atoms with van der Waals surface area (Å²) in [5.41, 5.74) is 3.97. The Morgan fingerprint density at radius 2 is 1.93 bits per heavy atom. The summed E-state index contributed by atoms with van der Waals surface area (Å²) in [6, 6.07) is 14.8. The van der Waals surface area contributed by atoms with Gasteiger partial charge in [-0.2, -0.15) is 10.4 Å². The number of hydrogen-bond donors (Lipinski definition) is 0. The van der Waals surface area contributed by atoms with E-state index in [9.17, 15) is 0 Å². The van der Waals surface area contributed by atoms with Crippen molar-refractivity contribution in [1.82, 2.24) is 4.68 Å². The number of halogens is 2. The molecule has 0 unspecified atom stereocenters. The van der Waals surface area contributed by atoms with Crippen LogP contribution in [0.3, 0.4) is 0 Å². The predicted molar refractivity (Wildman–Crippen MR) is 113 cm³/mol. The van der Waals surface area contributed by atoms with Crippen molar-refractivity contribution in [3.8, 4) is 17.3 Å². The van der Waals surface area contributed by atoms with Crippen molar-refractivity contribution in [1.29, 1.82) is 5.26 Å². The van der Waals surface area contributed by atoms with E-state index in [0.717, 1.165) is 27.3 Å². The van der Waals surface area contributed by atoms with Gasteiger partial charge in [0.05, 0.1) is 28.1 Å². The first-order valence-electron chi connectivity index (χ1n) is 8.26. The highest BCUT2D eigenvalue weighted by Gasteiger charge is 2.12. The molecule has 0 aliphatic carbocycles. The molecule has 0 fully saturated rings. The van der Waals surface area contributed by atoms with Gasteiger partial charge in [-0.3, -0.25) is 4.99 Å². The standard InChI is InChI=1S/C20H16Cl2N4S/c1-3-24-20-26(25-13(2)15-6-4-14(11-23)5-7-15)19(12-27-20)17-10-16(21)8-9-18(17)22/h4-10,12H,3H2,1-2H3. The molecule has 0 saturated carbocycles. The van der Waals surface area contributed by atoms with E-state index >= 15 is 0 Å². The number of hydrogen-bond acceptors (Lipinski definition) is 4. The molecule has 0 bridgehead atoms. The van der Waals surface area contributed by atoms with E-state index in [2.05, 4.69) is 11.1 Å². The second-order valence-electron chi connectivity index (χ2n) is 5.69. The third kappa shape index (κ3) is 4.30. The number of nitrogens with zero attached hydrogens (tertiary/aromatic N) is 4. The lowest BCUT2D eigenvalue weighted by molar-refractivity contribution is 0.827. The molecule has 0 radical (unpaired) electrons. The topological polar surface area (TPSA) is 53.4 Å².